The van der Waals surface area contributed by atoms with E-state index in [9.17, 15) is 19.3 Å². The molecule has 0 radical (unpaired) electrons. The molecule has 1 saturated heterocycles. The van der Waals surface area contributed by atoms with Gasteiger partial charge in [0.05, 0.1) is 11.0 Å². The molecule has 6 nitrogen and oxygen atoms in total. The number of nitrogens with zero attached hydrogens (tertiary/aromatic N) is 1. The standard InChI is InChI=1S/C13H15FN2O4/c1-8-10(4-5-20-8)7-15-13(17)9-2-3-11(14)12(6-9)16(18)19/h2-3,6,8,10H,4-5,7H2,1H3,(H,15,17). The number of hydrogen-bond acceptors (Lipinski definition) is 4. The summed E-state index contributed by atoms with van der Waals surface area (Å²) in [5.41, 5.74) is -0.625. The molecule has 1 aromatic carbocycles. The minimum Gasteiger partial charge on any atom is -0.378 e. The molecule has 7 heteroatoms. The molecule has 0 aliphatic carbocycles. The van der Waals surface area contributed by atoms with Crippen LogP contribution in [0.15, 0.2) is 18.2 Å². The molecule has 0 bridgehead atoms. The topological polar surface area (TPSA) is 81.5 Å². The van der Waals surface area contributed by atoms with Crippen molar-refractivity contribution in [3.63, 3.8) is 0 Å². The zero-order valence-corrected chi connectivity index (χ0v) is 11.0. The molecule has 2 rings (SSSR count). The van der Waals surface area contributed by atoms with Crippen LogP contribution >= 0.6 is 0 Å². The highest BCUT2D eigenvalue weighted by Gasteiger charge is 2.25. The van der Waals surface area contributed by atoms with Crippen molar-refractivity contribution in [2.75, 3.05) is 13.2 Å². The molecule has 1 fully saturated rings. The molecule has 2 unspecified atom stereocenters. The van der Waals surface area contributed by atoms with Crippen LogP contribution in [0.4, 0.5) is 10.1 Å². The number of nitro benzene ring substituents is 1. The summed E-state index contributed by atoms with van der Waals surface area (Å²) in [7, 11) is 0. The summed E-state index contributed by atoms with van der Waals surface area (Å²) in [5, 5.41) is 13.3. The number of hydrogen-bond donors (Lipinski definition) is 1. The predicted octanol–water partition coefficient (Wildman–Crippen LogP) is 1.89. The Morgan fingerprint density at radius 3 is 2.95 bits per heavy atom. The first-order valence-corrected chi connectivity index (χ1v) is 6.33. The van der Waals surface area contributed by atoms with Gasteiger partial charge < -0.3 is 10.1 Å². The number of carbonyl (C=O) groups excluding carboxylic acids is 1. The summed E-state index contributed by atoms with van der Waals surface area (Å²) >= 11 is 0. The maximum absolute atomic E-state index is 13.2. The number of nitro groups is 1. The molecule has 1 aromatic rings. The normalized spacial score (nSPS) is 21.7. The van der Waals surface area contributed by atoms with Gasteiger partial charge in [0, 0.05) is 30.7 Å². The molecular formula is C13H15FN2O4. The second-order valence-electron chi connectivity index (χ2n) is 4.76. The van der Waals surface area contributed by atoms with E-state index in [0.717, 1.165) is 18.6 Å². The van der Waals surface area contributed by atoms with Crippen molar-refractivity contribution in [3.8, 4) is 0 Å². The Morgan fingerprint density at radius 1 is 1.60 bits per heavy atom. The largest absolute Gasteiger partial charge is 0.378 e. The zero-order chi connectivity index (χ0) is 14.7. The Hall–Kier alpha value is -2.02. The molecule has 1 amide bonds. The van der Waals surface area contributed by atoms with Crippen molar-refractivity contribution in [3.05, 3.63) is 39.7 Å². The fraction of sp³-hybridized carbons (Fsp3) is 0.462. The molecule has 1 aliphatic heterocycles. The molecule has 0 spiro atoms. The van der Waals surface area contributed by atoms with Gasteiger partial charge in [-0.15, -0.1) is 0 Å². The van der Waals surface area contributed by atoms with Crippen LogP contribution in [-0.4, -0.2) is 30.1 Å². The number of rotatable bonds is 4. The zero-order valence-electron chi connectivity index (χ0n) is 11.0. The van der Waals surface area contributed by atoms with Crippen LogP contribution in [0.5, 0.6) is 0 Å². The molecule has 1 N–H and O–H groups in total. The highest BCUT2D eigenvalue weighted by Crippen LogP contribution is 2.20. The van der Waals surface area contributed by atoms with Crippen molar-refractivity contribution in [1.82, 2.24) is 5.32 Å². The Morgan fingerprint density at radius 2 is 2.35 bits per heavy atom. The van der Waals surface area contributed by atoms with E-state index in [0.29, 0.717) is 13.2 Å². The summed E-state index contributed by atoms with van der Waals surface area (Å²) in [4.78, 5) is 21.7. The van der Waals surface area contributed by atoms with Gasteiger partial charge in [0.2, 0.25) is 5.82 Å². The monoisotopic (exact) mass is 282 g/mol. The lowest BCUT2D eigenvalue weighted by molar-refractivity contribution is -0.387. The molecule has 108 valence electrons. The average Bonchev–Trinajstić information content (AvgIpc) is 2.81. The molecule has 1 aliphatic rings. The van der Waals surface area contributed by atoms with Crippen molar-refractivity contribution in [2.45, 2.75) is 19.4 Å². The van der Waals surface area contributed by atoms with Gasteiger partial charge in [-0.2, -0.15) is 4.39 Å². The van der Waals surface area contributed by atoms with E-state index in [-0.39, 0.29) is 17.6 Å². The van der Waals surface area contributed by atoms with Crippen LogP contribution in [0.2, 0.25) is 0 Å². The third-order valence-electron chi connectivity index (χ3n) is 3.46. The van der Waals surface area contributed by atoms with Crippen LogP contribution < -0.4 is 5.32 Å². The average molecular weight is 282 g/mol. The molecule has 0 saturated carbocycles. The maximum Gasteiger partial charge on any atom is 0.305 e. The lowest BCUT2D eigenvalue weighted by Crippen LogP contribution is -2.32. The Kier molecular flexibility index (Phi) is 4.29. The fourth-order valence-electron chi connectivity index (χ4n) is 2.16. The summed E-state index contributed by atoms with van der Waals surface area (Å²) in [6.07, 6.45) is 0.947. The van der Waals surface area contributed by atoms with Gasteiger partial charge in [-0.1, -0.05) is 0 Å². The minimum absolute atomic E-state index is 0.0738. The molecule has 2 atom stereocenters. The third-order valence-corrected chi connectivity index (χ3v) is 3.46. The first-order chi connectivity index (χ1) is 9.49. The number of benzene rings is 1. The van der Waals surface area contributed by atoms with E-state index in [1.165, 1.54) is 6.07 Å². The van der Waals surface area contributed by atoms with E-state index in [4.69, 9.17) is 4.74 Å². The van der Waals surface area contributed by atoms with E-state index >= 15 is 0 Å². The van der Waals surface area contributed by atoms with Gasteiger partial charge in [-0.25, -0.2) is 0 Å². The molecule has 1 heterocycles. The fourth-order valence-corrected chi connectivity index (χ4v) is 2.16. The second kappa shape index (κ2) is 5.96. The van der Waals surface area contributed by atoms with Gasteiger partial charge in [0.1, 0.15) is 0 Å². The Labute approximate surface area is 115 Å². The summed E-state index contributed by atoms with van der Waals surface area (Å²) < 4.78 is 18.6. The SMILES string of the molecule is CC1OCCC1CNC(=O)c1ccc(F)c([N+](=O)[O-])c1. The number of amides is 1. The van der Waals surface area contributed by atoms with Crippen LogP contribution in [0.25, 0.3) is 0 Å². The summed E-state index contributed by atoms with van der Waals surface area (Å²) in [5.74, 6) is -1.18. The van der Waals surface area contributed by atoms with Crippen molar-refractivity contribution in [2.24, 2.45) is 5.92 Å². The van der Waals surface area contributed by atoms with Gasteiger partial charge >= 0.3 is 5.69 Å². The van der Waals surface area contributed by atoms with Crippen molar-refractivity contribution < 1.29 is 18.8 Å². The number of halogens is 1. The van der Waals surface area contributed by atoms with Gasteiger partial charge in [-0.3, -0.25) is 14.9 Å². The third kappa shape index (κ3) is 3.11. The lowest BCUT2D eigenvalue weighted by atomic mass is 10.0. The number of nitrogens with one attached hydrogen (secondary N) is 1. The van der Waals surface area contributed by atoms with Crippen molar-refractivity contribution in [1.29, 1.82) is 0 Å². The highest BCUT2D eigenvalue weighted by atomic mass is 19.1. The van der Waals surface area contributed by atoms with E-state index in [1.807, 2.05) is 6.92 Å². The molecule has 0 aromatic heterocycles. The van der Waals surface area contributed by atoms with Crippen LogP contribution in [0.3, 0.4) is 0 Å². The quantitative estimate of drug-likeness (QED) is 0.675. The second-order valence-corrected chi connectivity index (χ2v) is 4.76. The molecular weight excluding hydrogens is 267 g/mol. The highest BCUT2D eigenvalue weighted by molar-refractivity contribution is 5.94. The van der Waals surface area contributed by atoms with Crippen molar-refractivity contribution >= 4 is 11.6 Å². The van der Waals surface area contributed by atoms with E-state index in [2.05, 4.69) is 5.32 Å². The summed E-state index contributed by atoms with van der Waals surface area (Å²) in [6.45, 7) is 3.04. The van der Waals surface area contributed by atoms with Crippen LogP contribution in [0.1, 0.15) is 23.7 Å². The molecule has 20 heavy (non-hydrogen) atoms. The van der Waals surface area contributed by atoms with Crippen LogP contribution in [-0.2, 0) is 4.74 Å². The van der Waals surface area contributed by atoms with Gasteiger partial charge in [-0.05, 0) is 25.5 Å². The number of ether oxygens (including phenoxy) is 1. The maximum atomic E-state index is 13.2. The van der Waals surface area contributed by atoms with Crippen LogP contribution in [0, 0.1) is 21.8 Å². The van der Waals surface area contributed by atoms with E-state index in [1.54, 1.807) is 0 Å². The minimum atomic E-state index is -0.954. The first-order valence-electron chi connectivity index (χ1n) is 6.33. The van der Waals surface area contributed by atoms with Gasteiger partial charge in [0.15, 0.2) is 0 Å². The lowest BCUT2D eigenvalue weighted by Gasteiger charge is -2.14. The van der Waals surface area contributed by atoms with Gasteiger partial charge in [0.25, 0.3) is 5.91 Å². The Balaban J connectivity index is 2.02. The van der Waals surface area contributed by atoms with E-state index < -0.39 is 22.3 Å². The Bertz CT molecular complexity index is 535. The smallest absolute Gasteiger partial charge is 0.305 e. The predicted molar refractivity (Wildman–Crippen MR) is 68.9 cm³/mol. The first kappa shape index (κ1) is 14.4. The number of carbonyl (C=O) groups is 1. The summed E-state index contributed by atoms with van der Waals surface area (Å²) in [6, 6.07) is 3.10.